The average Bonchev–Trinajstić information content (AvgIpc) is 3.24. The fourth-order valence-corrected chi connectivity index (χ4v) is 2.36. The van der Waals surface area contributed by atoms with Gasteiger partial charge in [0.2, 0.25) is 5.89 Å². The summed E-state index contributed by atoms with van der Waals surface area (Å²) in [6.45, 7) is 2.28. The van der Waals surface area contributed by atoms with E-state index in [1.54, 1.807) is 12.1 Å². The Bertz CT molecular complexity index is 842. The number of benzene rings is 1. The summed E-state index contributed by atoms with van der Waals surface area (Å²) in [7, 11) is 0. The molecule has 0 N–H and O–H groups in total. The SMILES string of the molecule is CCCN(Cc1nnc(-c2ccco2)o1)C(=O)c1cc(F)cc(F)c1. The first-order chi connectivity index (χ1) is 12.1. The van der Waals surface area contributed by atoms with Crippen LogP contribution in [0.3, 0.4) is 0 Å². The molecule has 130 valence electrons. The second kappa shape index (κ2) is 7.25. The minimum absolute atomic E-state index is 0.0263. The van der Waals surface area contributed by atoms with E-state index < -0.39 is 17.5 Å². The van der Waals surface area contributed by atoms with E-state index in [1.165, 1.54) is 11.2 Å². The highest BCUT2D eigenvalue weighted by Gasteiger charge is 2.20. The van der Waals surface area contributed by atoms with Crippen molar-refractivity contribution in [2.45, 2.75) is 19.9 Å². The number of hydrogen-bond acceptors (Lipinski definition) is 5. The molecule has 0 aliphatic carbocycles. The van der Waals surface area contributed by atoms with Gasteiger partial charge in [-0.05, 0) is 30.7 Å². The molecule has 0 bridgehead atoms. The first-order valence-corrected chi connectivity index (χ1v) is 7.68. The third-order valence-corrected chi connectivity index (χ3v) is 3.42. The first kappa shape index (κ1) is 16.8. The van der Waals surface area contributed by atoms with Gasteiger partial charge < -0.3 is 13.7 Å². The van der Waals surface area contributed by atoms with Crippen LogP contribution >= 0.6 is 0 Å². The van der Waals surface area contributed by atoms with E-state index in [-0.39, 0.29) is 23.9 Å². The lowest BCUT2D eigenvalue weighted by molar-refractivity contribution is 0.0727. The third-order valence-electron chi connectivity index (χ3n) is 3.42. The lowest BCUT2D eigenvalue weighted by Gasteiger charge is -2.20. The quantitative estimate of drug-likeness (QED) is 0.680. The summed E-state index contributed by atoms with van der Waals surface area (Å²) in [5.74, 6) is -1.32. The van der Waals surface area contributed by atoms with Crippen LogP contribution in [0.25, 0.3) is 11.7 Å². The molecule has 0 spiro atoms. The molecule has 1 amide bonds. The number of amides is 1. The van der Waals surface area contributed by atoms with Gasteiger partial charge in [0.05, 0.1) is 12.8 Å². The van der Waals surface area contributed by atoms with E-state index in [0.717, 1.165) is 12.1 Å². The molecule has 0 aliphatic heterocycles. The zero-order valence-corrected chi connectivity index (χ0v) is 13.4. The summed E-state index contributed by atoms with van der Waals surface area (Å²) < 4.78 is 37.4. The molecule has 2 aromatic heterocycles. The smallest absolute Gasteiger partial charge is 0.283 e. The van der Waals surface area contributed by atoms with E-state index in [0.29, 0.717) is 24.8 Å². The molecular weight excluding hydrogens is 332 g/mol. The molecule has 0 saturated heterocycles. The number of furan rings is 1. The Morgan fingerprint density at radius 2 is 1.96 bits per heavy atom. The molecule has 6 nitrogen and oxygen atoms in total. The highest BCUT2D eigenvalue weighted by Crippen LogP contribution is 2.19. The van der Waals surface area contributed by atoms with Crippen molar-refractivity contribution in [3.05, 3.63) is 59.7 Å². The molecule has 8 heteroatoms. The van der Waals surface area contributed by atoms with Crippen molar-refractivity contribution < 1.29 is 22.4 Å². The minimum Gasteiger partial charge on any atom is -0.459 e. The fourth-order valence-electron chi connectivity index (χ4n) is 2.36. The van der Waals surface area contributed by atoms with Gasteiger partial charge >= 0.3 is 0 Å². The maximum absolute atomic E-state index is 13.4. The van der Waals surface area contributed by atoms with Crippen molar-refractivity contribution in [2.24, 2.45) is 0 Å². The predicted molar refractivity (Wildman–Crippen MR) is 83.4 cm³/mol. The van der Waals surface area contributed by atoms with Crippen LogP contribution in [0.2, 0.25) is 0 Å². The lowest BCUT2D eigenvalue weighted by atomic mass is 10.2. The standard InChI is InChI=1S/C17H15F2N3O3/c1-2-5-22(17(23)11-7-12(18)9-13(19)8-11)10-15-20-21-16(25-15)14-4-3-6-24-14/h3-4,6-9H,2,5,10H2,1H3. The number of hydrogen-bond donors (Lipinski definition) is 0. The molecule has 0 aliphatic rings. The summed E-state index contributed by atoms with van der Waals surface area (Å²) in [5, 5.41) is 7.75. The summed E-state index contributed by atoms with van der Waals surface area (Å²) in [4.78, 5) is 14.0. The van der Waals surface area contributed by atoms with Crippen molar-refractivity contribution >= 4 is 5.91 Å². The van der Waals surface area contributed by atoms with Gasteiger partial charge in [-0.15, -0.1) is 10.2 Å². The van der Waals surface area contributed by atoms with Gasteiger partial charge in [0, 0.05) is 18.2 Å². The highest BCUT2D eigenvalue weighted by atomic mass is 19.1. The Hall–Kier alpha value is -3.03. The van der Waals surface area contributed by atoms with Crippen molar-refractivity contribution in [3.8, 4) is 11.7 Å². The Morgan fingerprint density at radius 3 is 2.60 bits per heavy atom. The largest absolute Gasteiger partial charge is 0.459 e. The van der Waals surface area contributed by atoms with Gasteiger partial charge in [0.25, 0.3) is 11.8 Å². The first-order valence-electron chi connectivity index (χ1n) is 7.68. The Kier molecular flexibility index (Phi) is 4.87. The molecular formula is C17H15F2N3O3. The Balaban J connectivity index is 1.80. The van der Waals surface area contributed by atoms with Gasteiger partial charge in [0.1, 0.15) is 11.6 Å². The maximum Gasteiger partial charge on any atom is 0.283 e. The second-order valence-electron chi connectivity index (χ2n) is 5.36. The molecule has 0 fully saturated rings. The topological polar surface area (TPSA) is 72.4 Å². The van der Waals surface area contributed by atoms with Gasteiger partial charge in [-0.2, -0.15) is 0 Å². The molecule has 3 aromatic rings. The molecule has 0 unspecified atom stereocenters. The van der Waals surface area contributed by atoms with Gasteiger partial charge in [0.15, 0.2) is 5.76 Å². The zero-order chi connectivity index (χ0) is 17.8. The minimum atomic E-state index is -0.808. The molecule has 2 heterocycles. The van der Waals surface area contributed by atoms with Gasteiger partial charge in [-0.3, -0.25) is 4.79 Å². The maximum atomic E-state index is 13.4. The van der Waals surface area contributed by atoms with E-state index in [2.05, 4.69) is 10.2 Å². The predicted octanol–water partition coefficient (Wildman–Crippen LogP) is 3.66. The summed E-state index contributed by atoms with van der Waals surface area (Å²) in [6.07, 6.45) is 2.13. The van der Waals surface area contributed by atoms with Crippen molar-refractivity contribution in [3.63, 3.8) is 0 Å². The Labute approximate surface area is 142 Å². The monoisotopic (exact) mass is 347 g/mol. The third kappa shape index (κ3) is 3.90. The van der Waals surface area contributed by atoms with Crippen LogP contribution in [0.15, 0.2) is 45.4 Å². The van der Waals surface area contributed by atoms with Crippen molar-refractivity contribution in [2.75, 3.05) is 6.54 Å². The van der Waals surface area contributed by atoms with Gasteiger partial charge in [-0.1, -0.05) is 6.92 Å². The second-order valence-corrected chi connectivity index (χ2v) is 5.36. The molecule has 1 aromatic carbocycles. The van der Waals surface area contributed by atoms with Crippen LogP contribution < -0.4 is 0 Å². The van der Waals surface area contributed by atoms with E-state index in [1.807, 2.05) is 6.92 Å². The normalized spacial score (nSPS) is 10.8. The molecule has 0 radical (unpaired) electrons. The summed E-state index contributed by atoms with van der Waals surface area (Å²) in [5.41, 5.74) is -0.0725. The molecule has 3 rings (SSSR count). The van der Waals surface area contributed by atoms with Crippen LogP contribution in [0.5, 0.6) is 0 Å². The van der Waals surface area contributed by atoms with Crippen LogP contribution in [-0.4, -0.2) is 27.5 Å². The lowest BCUT2D eigenvalue weighted by Crippen LogP contribution is -2.31. The Morgan fingerprint density at radius 1 is 1.20 bits per heavy atom. The summed E-state index contributed by atoms with van der Waals surface area (Å²) >= 11 is 0. The van der Waals surface area contributed by atoms with E-state index in [4.69, 9.17) is 8.83 Å². The average molecular weight is 347 g/mol. The number of aromatic nitrogens is 2. The number of carbonyl (C=O) groups is 1. The molecule has 0 atom stereocenters. The number of halogens is 2. The zero-order valence-electron chi connectivity index (χ0n) is 13.4. The van der Waals surface area contributed by atoms with Crippen LogP contribution in [0, 0.1) is 11.6 Å². The van der Waals surface area contributed by atoms with Crippen LogP contribution in [0.1, 0.15) is 29.6 Å². The van der Waals surface area contributed by atoms with Gasteiger partial charge in [-0.25, -0.2) is 8.78 Å². The van der Waals surface area contributed by atoms with E-state index >= 15 is 0 Å². The number of rotatable bonds is 6. The van der Waals surface area contributed by atoms with Crippen LogP contribution in [-0.2, 0) is 6.54 Å². The van der Waals surface area contributed by atoms with Crippen LogP contribution in [0.4, 0.5) is 8.78 Å². The number of carbonyl (C=O) groups excluding carboxylic acids is 1. The fraction of sp³-hybridized carbons (Fsp3) is 0.235. The van der Waals surface area contributed by atoms with E-state index in [9.17, 15) is 13.6 Å². The summed E-state index contributed by atoms with van der Waals surface area (Å²) in [6, 6.07) is 6.06. The van der Waals surface area contributed by atoms with Crippen molar-refractivity contribution in [1.29, 1.82) is 0 Å². The molecule has 25 heavy (non-hydrogen) atoms. The van der Waals surface area contributed by atoms with Crippen molar-refractivity contribution in [1.82, 2.24) is 15.1 Å². The number of nitrogens with zero attached hydrogens (tertiary/aromatic N) is 3. The highest BCUT2D eigenvalue weighted by molar-refractivity contribution is 5.94. The molecule has 0 saturated carbocycles.